The lowest BCUT2D eigenvalue weighted by molar-refractivity contribution is -0.116. The van der Waals surface area contributed by atoms with E-state index in [2.05, 4.69) is 15.4 Å². The number of aromatic nitrogens is 3. The predicted octanol–water partition coefficient (Wildman–Crippen LogP) is 2.02. The summed E-state index contributed by atoms with van der Waals surface area (Å²) in [5, 5.41) is 7.42. The number of anilines is 2. The molecule has 7 heteroatoms. The molecule has 0 fully saturated rings. The van der Waals surface area contributed by atoms with Gasteiger partial charge in [-0.05, 0) is 30.7 Å². The Morgan fingerprint density at radius 2 is 2.35 bits per heavy atom. The molecule has 1 amide bonds. The first-order valence-electron chi connectivity index (χ1n) is 6.05. The minimum Gasteiger partial charge on any atom is -0.399 e. The largest absolute Gasteiger partial charge is 0.399 e. The Hall–Kier alpha value is -2.41. The van der Waals surface area contributed by atoms with E-state index in [1.165, 1.54) is 11.3 Å². The van der Waals surface area contributed by atoms with E-state index in [0.29, 0.717) is 10.8 Å². The van der Waals surface area contributed by atoms with Crippen LogP contribution in [0.1, 0.15) is 5.56 Å². The average Bonchev–Trinajstić information content (AvgIpc) is 2.94. The van der Waals surface area contributed by atoms with Gasteiger partial charge in [-0.2, -0.15) is 5.10 Å². The Morgan fingerprint density at radius 3 is 3.10 bits per heavy atom. The molecular formula is C13H13N5OS. The molecule has 20 heavy (non-hydrogen) atoms. The van der Waals surface area contributed by atoms with Crippen LogP contribution in [-0.4, -0.2) is 20.7 Å². The van der Waals surface area contributed by atoms with Crippen LogP contribution in [0.15, 0.2) is 30.6 Å². The lowest BCUT2D eigenvalue weighted by Gasteiger charge is -2.01. The number of hydrogen-bond acceptors (Lipinski definition) is 5. The Kier molecular flexibility index (Phi) is 3.11. The van der Waals surface area contributed by atoms with Crippen LogP contribution in [0.25, 0.3) is 10.2 Å². The number of aryl methyl sites for hydroxylation is 1. The van der Waals surface area contributed by atoms with Crippen LogP contribution in [-0.2, 0) is 11.3 Å². The maximum Gasteiger partial charge on any atom is 0.247 e. The van der Waals surface area contributed by atoms with Crippen LogP contribution in [0, 0.1) is 6.92 Å². The topological polar surface area (TPSA) is 85.8 Å². The average molecular weight is 287 g/mol. The summed E-state index contributed by atoms with van der Waals surface area (Å²) < 4.78 is 2.55. The normalized spacial score (nSPS) is 10.8. The molecular weight excluding hydrogens is 274 g/mol. The van der Waals surface area contributed by atoms with Gasteiger partial charge in [0.2, 0.25) is 5.91 Å². The van der Waals surface area contributed by atoms with Gasteiger partial charge in [0.15, 0.2) is 5.13 Å². The van der Waals surface area contributed by atoms with E-state index < -0.39 is 0 Å². The van der Waals surface area contributed by atoms with Crippen molar-refractivity contribution < 1.29 is 4.79 Å². The molecule has 0 spiro atoms. The number of nitrogens with two attached hydrogens (primary N) is 1. The van der Waals surface area contributed by atoms with E-state index in [4.69, 9.17) is 5.73 Å². The van der Waals surface area contributed by atoms with Crippen LogP contribution in [0.3, 0.4) is 0 Å². The van der Waals surface area contributed by atoms with Crippen LogP contribution in [0.4, 0.5) is 10.8 Å². The highest BCUT2D eigenvalue weighted by atomic mass is 32.1. The third-order valence-corrected chi connectivity index (χ3v) is 3.66. The summed E-state index contributed by atoms with van der Waals surface area (Å²) in [4.78, 5) is 16.2. The summed E-state index contributed by atoms with van der Waals surface area (Å²) in [5.74, 6) is -0.153. The minimum atomic E-state index is -0.153. The van der Waals surface area contributed by atoms with Crippen LogP contribution < -0.4 is 11.1 Å². The smallest absolute Gasteiger partial charge is 0.247 e. The molecule has 0 saturated carbocycles. The molecule has 3 aromatic rings. The van der Waals surface area contributed by atoms with Gasteiger partial charge in [-0.3, -0.25) is 9.48 Å². The zero-order chi connectivity index (χ0) is 14.1. The molecule has 0 bridgehead atoms. The van der Waals surface area contributed by atoms with Crippen molar-refractivity contribution in [1.82, 2.24) is 14.8 Å². The first kappa shape index (κ1) is 12.6. The standard InChI is InChI=1S/C13H13N5OS/c1-8-5-15-18(6-8)7-12(19)17-13-16-10-3-2-9(14)4-11(10)20-13/h2-6H,7,14H2,1H3,(H,16,17,19). The second-order valence-corrected chi connectivity index (χ2v) is 5.54. The maximum absolute atomic E-state index is 11.9. The monoisotopic (exact) mass is 287 g/mol. The summed E-state index contributed by atoms with van der Waals surface area (Å²) in [5.41, 5.74) is 8.25. The summed E-state index contributed by atoms with van der Waals surface area (Å²) in [6.07, 6.45) is 3.53. The third kappa shape index (κ3) is 2.62. The number of nitrogens with zero attached hydrogens (tertiary/aromatic N) is 3. The van der Waals surface area contributed by atoms with Crippen molar-refractivity contribution in [1.29, 1.82) is 0 Å². The number of fused-ring (bicyclic) bond motifs is 1. The number of nitrogen functional groups attached to an aromatic ring is 1. The first-order chi connectivity index (χ1) is 9.60. The Labute approximate surface area is 119 Å². The highest BCUT2D eigenvalue weighted by molar-refractivity contribution is 7.22. The second kappa shape index (κ2) is 4.93. The number of rotatable bonds is 3. The van der Waals surface area contributed by atoms with Gasteiger partial charge >= 0.3 is 0 Å². The van der Waals surface area contributed by atoms with E-state index in [0.717, 1.165) is 15.8 Å². The van der Waals surface area contributed by atoms with Crippen molar-refractivity contribution in [3.8, 4) is 0 Å². The van der Waals surface area contributed by atoms with Gasteiger partial charge in [0.05, 0.1) is 16.4 Å². The Morgan fingerprint density at radius 1 is 1.50 bits per heavy atom. The fourth-order valence-corrected chi connectivity index (χ4v) is 2.78. The number of nitrogens with one attached hydrogen (secondary N) is 1. The van der Waals surface area contributed by atoms with Gasteiger partial charge in [-0.25, -0.2) is 4.98 Å². The third-order valence-electron chi connectivity index (χ3n) is 2.73. The number of hydrogen-bond donors (Lipinski definition) is 2. The molecule has 0 saturated heterocycles. The van der Waals surface area contributed by atoms with Crippen molar-refractivity contribution in [2.75, 3.05) is 11.1 Å². The van der Waals surface area contributed by atoms with Crippen molar-refractivity contribution in [2.45, 2.75) is 13.5 Å². The fraction of sp³-hybridized carbons (Fsp3) is 0.154. The SMILES string of the molecule is Cc1cnn(CC(=O)Nc2nc3ccc(N)cc3s2)c1. The van der Waals surface area contributed by atoms with E-state index in [1.807, 2.05) is 25.3 Å². The van der Waals surface area contributed by atoms with Gasteiger partial charge in [0, 0.05) is 11.9 Å². The quantitative estimate of drug-likeness (QED) is 0.722. The van der Waals surface area contributed by atoms with Crippen LogP contribution in [0.2, 0.25) is 0 Å². The van der Waals surface area contributed by atoms with Crippen LogP contribution >= 0.6 is 11.3 Å². The molecule has 0 atom stereocenters. The summed E-state index contributed by atoms with van der Waals surface area (Å²) >= 11 is 1.40. The molecule has 0 aliphatic carbocycles. The Balaban J connectivity index is 1.73. The summed E-state index contributed by atoms with van der Waals surface area (Å²) in [7, 11) is 0. The van der Waals surface area contributed by atoms with E-state index >= 15 is 0 Å². The number of benzene rings is 1. The van der Waals surface area contributed by atoms with Crippen LogP contribution in [0.5, 0.6) is 0 Å². The lowest BCUT2D eigenvalue weighted by atomic mass is 10.3. The molecule has 3 N–H and O–H groups in total. The number of amides is 1. The second-order valence-electron chi connectivity index (χ2n) is 4.51. The maximum atomic E-state index is 11.9. The first-order valence-corrected chi connectivity index (χ1v) is 6.87. The van der Waals surface area contributed by atoms with E-state index in [1.54, 1.807) is 16.9 Å². The van der Waals surface area contributed by atoms with Gasteiger partial charge in [-0.15, -0.1) is 0 Å². The highest BCUT2D eigenvalue weighted by Gasteiger charge is 2.09. The molecule has 0 unspecified atom stereocenters. The van der Waals surface area contributed by atoms with Crippen molar-refractivity contribution in [3.05, 3.63) is 36.2 Å². The van der Waals surface area contributed by atoms with Crippen molar-refractivity contribution in [2.24, 2.45) is 0 Å². The minimum absolute atomic E-state index is 0.153. The zero-order valence-corrected chi connectivity index (χ0v) is 11.6. The van der Waals surface area contributed by atoms with Crippen molar-refractivity contribution in [3.63, 3.8) is 0 Å². The lowest BCUT2D eigenvalue weighted by Crippen LogP contribution is -2.18. The molecule has 0 aliphatic rings. The summed E-state index contributed by atoms with van der Waals surface area (Å²) in [6.45, 7) is 2.10. The molecule has 2 heterocycles. The molecule has 3 rings (SSSR count). The van der Waals surface area contributed by atoms with Gasteiger partial charge in [0.1, 0.15) is 6.54 Å². The van der Waals surface area contributed by atoms with E-state index in [9.17, 15) is 4.79 Å². The molecule has 2 aromatic heterocycles. The molecule has 1 aromatic carbocycles. The van der Waals surface area contributed by atoms with Gasteiger partial charge in [-0.1, -0.05) is 11.3 Å². The molecule has 102 valence electrons. The fourth-order valence-electron chi connectivity index (χ4n) is 1.85. The van der Waals surface area contributed by atoms with Gasteiger partial charge < -0.3 is 11.1 Å². The zero-order valence-electron chi connectivity index (χ0n) is 10.8. The molecule has 0 aliphatic heterocycles. The highest BCUT2D eigenvalue weighted by Crippen LogP contribution is 2.27. The van der Waals surface area contributed by atoms with Gasteiger partial charge in [0.25, 0.3) is 0 Å². The number of thiazole rings is 1. The van der Waals surface area contributed by atoms with E-state index in [-0.39, 0.29) is 12.5 Å². The van der Waals surface area contributed by atoms with Crippen molar-refractivity contribution >= 4 is 38.3 Å². The Bertz CT molecular complexity index is 776. The predicted molar refractivity (Wildman–Crippen MR) is 79.6 cm³/mol. The number of carbonyl (C=O) groups is 1. The number of carbonyl (C=O) groups excluding carboxylic acids is 1. The molecule has 6 nitrogen and oxygen atoms in total. The molecule has 0 radical (unpaired) electrons. The summed E-state index contributed by atoms with van der Waals surface area (Å²) in [6, 6.07) is 5.48.